The molecule has 1 aromatic heterocycles. The third-order valence-electron chi connectivity index (χ3n) is 6.29. The zero-order valence-corrected chi connectivity index (χ0v) is 18.5. The van der Waals surface area contributed by atoms with Crippen molar-refractivity contribution in [3.63, 3.8) is 0 Å². The van der Waals surface area contributed by atoms with Crippen molar-refractivity contribution < 1.29 is 13.9 Å². The number of hydrogen-bond donors (Lipinski definition) is 2. The predicted molar refractivity (Wildman–Crippen MR) is 122 cm³/mol. The molecule has 0 spiro atoms. The molecule has 32 heavy (non-hydrogen) atoms. The summed E-state index contributed by atoms with van der Waals surface area (Å²) >= 11 is 5.92. The van der Waals surface area contributed by atoms with Crippen LogP contribution in [0.3, 0.4) is 0 Å². The Morgan fingerprint density at radius 2 is 2.16 bits per heavy atom. The van der Waals surface area contributed by atoms with Crippen molar-refractivity contribution in [2.24, 2.45) is 11.7 Å². The molecule has 9 heteroatoms. The molecule has 0 saturated carbocycles. The smallest absolute Gasteiger partial charge is 0.245 e. The van der Waals surface area contributed by atoms with Gasteiger partial charge in [-0.1, -0.05) is 18.2 Å². The highest BCUT2D eigenvalue weighted by Gasteiger charge is 2.45. The van der Waals surface area contributed by atoms with E-state index < -0.39 is 11.4 Å². The maximum atomic E-state index is 13.5. The Kier molecular flexibility index (Phi) is 6.17. The van der Waals surface area contributed by atoms with Gasteiger partial charge in [0.1, 0.15) is 23.7 Å². The molecule has 2 aliphatic rings. The molecule has 4 rings (SSSR count). The van der Waals surface area contributed by atoms with E-state index in [9.17, 15) is 9.18 Å². The van der Waals surface area contributed by atoms with E-state index in [1.54, 1.807) is 18.1 Å². The molecule has 1 fully saturated rings. The molecule has 2 heterocycles. The second kappa shape index (κ2) is 8.88. The van der Waals surface area contributed by atoms with E-state index in [-0.39, 0.29) is 16.8 Å². The maximum Gasteiger partial charge on any atom is 0.245 e. The summed E-state index contributed by atoms with van der Waals surface area (Å²) in [5.41, 5.74) is 8.39. The van der Waals surface area contributed by atoms with Crippen LogP contribution < -0.4 is 11.1 Å². The van der Waals surface area contributed by atoms with Crippen molar-refractivity contribution >= 4 is 35.1 Å². The predicted octanol–water partition coefficient (Wildman–Crippen LogP) is 3.68. The third kappa shape index (κ3) is 4.08. The van der Waals surface area contributed by atoms with Crippen LogP contribution in [-0.4, -0.2) is 46.5 Å². The summed E-state index contributed by atoms with van der Waals surface area (Å²) in [6, 6.07) is 4.40. The maximum absolute atomic E-state index is 13.5. The summed E-state index contributed by atoms with van der Waals surface area (Å²) in [5.74, 6) is 0.788. The van der Waals surface area contributed by atoms with Crippen LogP contribution in [0.5, 0.6) is 0 Å². The van der Waals surface area contributed by atoms with Gasteiger partial charge in [0.05, 0.1) is 23.4 Å². The lowest BCUT2D eigenvalue weighted by molar-refractivity contribution is -0.127. The van der Waals surface area contributed by atoms with E-state index in [1.807, 2.05) is 6.08 Å². The van der Waals surface area contributed by atoms with E-state index in [0.717, 1.165) is 18.4 Å². The summed E-state index contributed by atoms with van der Waals surface area (Å²) in [6.45, 7) is 4.80. The average Bonchev–Trinajstić information content (AvgIpc) is 2.81. The number of carbonyl (C=O) groups is 1. The third-order valence-corrected chi connectivity index (χ3v) is 6.58. The zero-order chi connectivity index (χ0) is 22.9. The molecule has 3 N–H and O–H groups in total. The van der Waals surface area contributed by atoms with Crippen LogP contribution in [0.4, 0.5) is 15.9 Å². The number of carbonyl (C=O) groups excluding carboxylic acids is 1. The van der Waals surface area contributed by atoms with Gasteiger partial charge in [0.15, 0.2) is 0 Å². The van der Waals surface area contributed by atoms with Crippen LogP contribution in [0.25, 0.3) is 6.08 Å². The topological polar surface area (TPSA) is 93.4 Å². The fourth-order valence-corrected chi connectivity index (χ4v) is 4.70. The van der Waals surface area contributed by atoms with E-state index >= 15 is 0 Å². The van der Waals surface area contributed by atoms with Crippen LogP contribution in [0.2, 0.25) is 5.02 Å². The summed E-state index contributed by atoms with van der Waals surface area (Å²) in [7, 11) is 1.61. The van der Waals surface area contributed by atoms with Crippen molar-refractivity contribution in [2.45, 2.75) is 24.8 Å². The number of piperidine rings is 1. The highest BCUT2D eigenvalue weighted by molar-refractivity contribution is 6.31. The van der Waals surface area contributed by atoms with Crippen LogP contribution >= 0.6 is 11.6 Å². The van der Waals surface area contributed by atoms with Gasteiger partial charge in [0.2, 0.25) is 5.91 Å². The number of anilines is 2. The first kappa shape index (κ1) is 22.2. The first-order chi connectivity index (χ1) is 15.4. The minimum Gasteiger partial charge on any atom is -0.499 e. The Balaban J connectivity index is 1.63. The van der Waals surface area contributed by atoms with Crippen molar-refractivity contribution in [3.05, 3.63) is 65.0 Å². The summed E-state index contributed by atoms with van der Waals surface area (Å²) in [6.07, 6.45) is 6.60. The number of nitrogens with zero attached hydrogens (tertiary/aromatic N) is 3. The Morgan fingerprint density at radius 3 is 2.81 bits per heavy atom. The quantitative estimate of drug-likeness (QED) is 0.665. The molecule has 1 aliphatic carbocycles. The van der Waals surface area contributed by atoms with Crippen LogP contribution in [0.1, 0.15) is 24.1 Å². The van der Waals surface area contributed by atoms with Crippen molar-refractivity contribution in [3.8, 4) is 0 Å². The van der Waals surface area contributed by atoms with Gasteiger partial charge in [0, 0.05) is 36.8 Å². The molecular formula is C23H25ClFN5O2. The molecule has 168 valence electrons. The van der Waals surface area contributed by atoms with Gasteiger partial charge in [-0.15, -0.1) is 0 Å². The lowest BCUT2D eigenvalue weighted by atomic mass is 9.71. The van der Waals surface area contributed by atoms with E-state index in [0.29, 0.717) is 42.5 Å². The summed E-state index contributed by atoms with van der Waals surface area (Å²) in [5, 5.41) is 3.23. The Labute approximate surface area is 191 Å². The number of benzene rings is 1. The zero-order valence-electron chi connectivity index (χ0n) is 17.8. The SMILES string of the molecule is C=CC(=O)N1CCC(C2(N)Cc3c(ncnc3Nc3ccc(F)c(Cl)c3)C=C2OC)CC1. The average molecular weight is 458 g/mol. The lowest BCUT2D eigenvalue weighted by Gasteiger charge is -2.44. The fourth-order valence-electron chi connectivity index (χ4n) is 4.52. The van der Waals surface area contributed by atoms with E-state index in [2.05, 4.69) is 21.9 Å². The molecule has 1 atom stereocenters. The van der Waals surface area contributed by atoms with Gasteiger partial charge in [-0.05, 0) is 43.0 Å². The molecule has 0 bridgehead atoms. The Bertz CT molecular complexity index is 1080. The van der Waals surface area contributed by atoms with Gasteiger partial charge < -0.3 is 20.7 Å². The number of ether oxygens (including phenoxy) is 1. The summed E-state index contributed by atoms with van der Waals surface area (Å²) in [4.78, 5) is 22.5. The number of aromatic nitrogens is 2. The molecule has 0 radical (unpaired) electrons. The number of amides is 1. The number of halogens is 2. The van der Waals surface area contributed by atoms with Gasteiger partial charge in [-0.2, -0.15) is 0 Å². The number of nitrogens with one attached hydrogen (secondary N) is 1. The van der Waals surface area contributed by atoms with E-state index in [1.165, 1.54) is 24.5 Å². The molecule has 1 saturated heterocycles. The first-order valence-corrected chi connectivity index (χ1v) is 10.8. The molecule has 1 aliphatic heterocycles. The number of fused-ring (bicyclic) bond motifs is 1. The largest absolute Gasteiger partial charge is 0.499 e. The lowest BCUT2D eigenvalue weighted by Crippen LogP contribution is -2.56. The van der Waals surface area contributed by atoms with Crippen LogP contribution in [0, 0.1) is 11.7 Å². The molecule has 1 aromatic carbocycles. The second-order valence-corrected chi connectivity index (χ2v) is 8.48. The standard InChI is InChI=1S/C23H25ClFN5O2/c1-3-21(31)30-8-6-14(7-9-30)23(26)12-16-19(11-20(23)32-2)27-13-28-22(16)29-15-4-5-18(25)17(24)10-15/h3-5,10-11,13-14H,1,6-9,12,26H2,2H3,(H,27,28,29). The van der Waals surface area contributed by atoms with Gasteiger partial charge in [0.25, 0.3) is 0 Å². The van der Waals surface area contributed by atoms with Crippen molar-refractivity contribution in [2.75, 3.05) is 25.5 Å². The number of rotatable bonds is 5. The first-order valence-electron chi connectivity index (χ1n) is 10.4. The van der Waals surface area contributed by atoms with Gasteiger partial charge in [-0.3, -0.25) is 4.79 Å². The van der Waals surface area contributed by atoms with Gasteiger partial charge >= 0.3 is 0 Å². The normalized spacial score (nSPS) is 20.9. The number of methoxy groups -OCH3 is 1. The molecule has 1 unspecified atom stereocenters. The summed E-state index contributed by atoms with van der Waals surface area (Å²) < 4.78 is 19.2. The molecule has 1 amide bonds. The van der Waals surface area contributed by atoms with Crippen molar-refractivity contribution in [1.82, 2.24) is 14.9 Å². The minimum absolute atomic E-state index is 0.0218. The number of hydrogen-bond acceptors (Lipinski definition) is 6. The number of nitrogens with two attached hydrogens (primary N) is 1. The Morgan fingerprint density at radius 1 is 1.41 bits per heavy atom. The molecule has 2 aromatic rings. The fraction of sp³-hybridized carbons (Fsp3) is 0.348. The highest BCUT2D eigenvalue weighted by atomic mass is 35.5. The highest BCUT2D eigenvalue weighted by Crippen LogP contribution is 2.41. The van der Waals surface area contributed by atoms with Crippen molar-refractivity contribution in [1.29, 1.82) is 0 Å². The molecule has 7 nitrogen and oxygen atoms in total. The second-order valence-electron chi connectivity index (χ2n) is 8.07. The number of likely N-dealkylation sites (tertiary alicyclic amines) is 1. The van der Waals surface area contributed by atoms with Crippen LogP contribution in [0.15, 0.2) is 42.9 Å². The van der Waals surface area contributed by atoms with E-state index in [4.69, 9.17) is 22.1 Å². The monoisotopic (exact) mass is 457 g/mol. The van der Waals surface area contributed by atoms with Crippen LogP contribution in [-0.2, 0) is 16.0 Å². The van der Waals surface area contributed by atoms with Gasteiger partial charge in [-0.25, -0.2) is 14.4 Å². The minimum atomic E-state index is -0.771. The Hall–Kier alpha value is -2.97. The molecular weight excluding hydrogens is 433 g/mol.